The van der Waals surface area contributed by atoms with E-state index in [0.717, 1.165) is 17.2 Å². The summed E-state index contributed by atoms with van der Waals surface area (Å²) in [5, 5.41) is 3.92. The molecular formula is C18H17ClN2O4S. The van der Waals surface area contributed by atoms with Crippen LogP contribution in [-0.4, -0.2) is 20.6 Å². The number of nitrogens with one attached hydrogen (secondary N) is 2. The Balaban J connectivity index is 1.92. The van der Waals surface area contributed by atoms with Crippen LogP contribution in [0.4, 0.5) is 11.4 Å². The molecule has 0 saturated heterocycles. The van der Waals surface area contributed by atoms with Crippen molar-refractivity contribution in [2.24, 2.45) is 0 Å². The highest BCUT2D eigenvalue weighted by Gasteiger charge is 2.19. The third-order valence-electron chi connectivity index (χ3n) is 3.91. The molecule has 0 atom stereocenters. The minimum atomic E-state index is -3.42. The van der Waals surface area contributed by atoms with Crippen LogP contribution in [0.25, 0.3) is 11.0 Å². The molecule has 0 aliphatic rings. The summed E-state index contributed by atoms with van der Waals surface area (Å²) < 4.78 is 31.0. The number of hydrogen-bond donors (Lipinski definition) is 2. The van der Waals surface area contributed by atoms with Gasteiger partial charge < -0.3 is 9.73 Å². The van der Waals surface area contributed by atoms with Gasteiger partial charge in [0, 0.05) is 16.6 Å². The minimum Gasteiger partial charge on any atom is -0.449 e. The van der Waals surface area contributed by atoms with E-state index in [4.69, 9.17) is 16.0 Å². The van der Waals surface area contributed by atoms with E-state index in [1.54, 1.807) is 44.2 Å². The van der Waals surface area contributed by atoms with Crippen molar-refractivity contribution in [3.63, 3.8) is 0 Å². The molecule has 3 rings (SSSR count). The Hall–Kier alpha value is -2.51. The Morgan fingerprint density at radius 3 is 2.54 bits per heavy atom. The van der Waals surface area contributed by atoms with Crippen molar-refractivity contribution in [1.82, 2.24) is 0 Å². The van der Waals surface area contributed by atoms with Gasteiger partial charge in [0.25, 0.3) is 5.91 Å². The number of halogens is 1. The number of para-hydroxylation sites is 1. The molecule has 0 saturated carbocycles. The van der Waals surface area contributed by atoms with E-state index in [0.29, 0.717) is 27.5 Å². The Morgan fingerprint density at radius 2 is 1.88 bits per heavy atom. The van der Waals surface area contributed by atoms with Crippen LogP contribution in [0.15, 0.2) is 40.8 Å². The lowest BCUT2D eigenvalue weighted by Crippen LogP contribution is -2.14. The van der Waals surface area contributed by atoms with Crippen molar-refractivity contribution in [3.8, 4) is 0 Å². The van der Waals surface area contributed by atoms with Crippen molar-refractivity contribution >= 4 is 49.9 Å². The summed E-state index contributed by atoms with van der Waals surface area (Å²) in [6.45, 7) is 3.55. The first-order valence-electron chi connectivity index (χ1n) is 7.73. The van der Waals surface area contributed by atoms with Gasteiger partial charge in [-0.25, -0.2) is 8.42 Å². The van der Waals surface area contributed by atoms with E-state index in [2.05, 4.69) is 10.0 Å². The number of sulfonamides is 1. The summed E-state index contributed by atoms with van der Waals surface area (Å²) in [6.07, 6.45) is 1.07. The zero-order valence-corrected chi connectivity index (χ0v) is 16.0. The first kappa shape index (κ1) is 18.3. The molecule has 0 bridgehead atoms. The molecule has 0 aliphatic carbocycles. The lowest BCUT2D eigenvalue weighted by atomic mass is 10.1. The SMILES string of the molecule is Cc1ccc(NC(=O)c2oc3c(Cl)cccc3c2C)cc1NS(C)(=O)=O. The van der Waals surface area contributed by atoms with Crippen molar-refractivity contribution in [2.75, 3.05) is 16.3 Å². The van der Waals surface area contributed by atoms with E-state index in [1.807, 2.05) is 6.07 Å². The van der Waals surface area contributed by atoms with Gasteiger partial charge in [-0.05, 0) is 37.6 Å². The molecule has 3 aromatic rings. The fourth-order valence-corrected chi connectivity index (χ4v) is 3.46. The number of furan rings is 1. The number of amides is 1. The molecule has 1 amide bonds. The largest absolute Gasteiger partial charge is 0.449 e. The fraction of sp³-hybridized carbons (Fsp3) is 0.167. The van der Waals surface area contributed by atoms with Crippen molar-refractivity contribution in [3.05, 3.63) is 58.3 Å². The van der Waals surface area contributed by atoms with Gasteiger partial charge in [-0.1, -0.05) is 29.8 Å². The highest BCUT2D eigenvalue weighted by Crippen LogP contribution is 2.31. The number of hydrogen-bond acceptors (Lipinski definition) is 4. The maximum atomic E-state index is 12.6. The Bertz CT molecular complexity index is 1120. The molecule has 136 valence electrons. The molecule has 0 aliphatic heterocycles. The molecule has 1 heterocycles. The lowest BCUT2D eigenvalue weighted by molar-refractivity contribution is 0.0998. The number of anilines is 2. The summed E-state index contributed by atoms with van der Waals surface area (Å²) in [5.41, 5.74) is 2.72. The van der Waals surface area contributed by atoms with Crippen LogP contribution < -0.4 is 10.0 Å². The van der Waals surface area contributed by atoms with Gasteiger partial charge in [-0.3, -0.25) is 9.52 Å². The monoisotopic (exact) mass is 392 g/mol. The van der Waals surface area contributed by atoms with Crippen LogP contribution in [-0.2, 0) is 10.0 Å². The molecule has 1 aromatic heterocycles. The first-order valence-corrected chi connectivity index (χ1v) is 10.00. The molecule has 0 fully saturated rings. The van der Waals surface area contributed by atoms with E-state index < -0.39 is 15.9 Å². The third-order valence-corrected chi connectivity index (χ3v) is 4.80. The zero-order chi connectivity index (χ0) is 19.1. The summed E-state index contributed by atoms with van der Waals surface area (Å²) in [6, 6.07) is 10.3. The van der Waals surface area contributed by atoms with Crippen LogP contribution in [0.1, 0.15) is 21.7 Å². The second kappa shape index (κ2) is 6.66. The summed E-state index contributed by atoms with van der Waals surface area (Å²) in [4.78, 5) is 12.6. The van der Waals surface area contributed by atoms with Crippen molar-refractivity contribution in [1.29, 1.82) is 0 Å². The van der Waals surface area contributed by atoms with Gasteiger partial charge in [0.1, 0.15) is 0 Å². The average molecular weight is 393 g/mol. The predicted octanol–water partition coefficient (Wildman–Crippen LogP) is 4.33. The van der Waals surface area contributed by atoms with E-state index >= 15 is 0 Å². The molecule has 2 aromatic carbocycles. The number of aryl methyl sites for hydroxylation is 2. The number of carbonyl (C=O) groups excluding carboxylic acids is 1. The van der Waals surface area contributed by atoms with Crippen molar-refractivity contribution in [2.45, 2.75) is 13.8 Å². The Morgan fingerprint density at radius 1 is 1.15 bits per heavy atom. The number of benzene rings is 2. The van der Waals surface area contributed by atoms with Crippen LogP contribution in [0, 0.1) is 13.8 Å². The van der Waals surface area contributed by atoms with Crippen LogP contribution >= 0.6 is 11.6 Å². The van der Waals surface area contributed by atoms with Crippen LogP contribution in [0.5, 0.6) is 0 Å². The first-order chi connectivity index (χ1) is 12.2. The highest BCUT2D eigenvalue weighted by molar-refractivity contribution is 7.92. The molecule has 26 heavy (non-hydrogen) atoms. The maximum absolute atomic E-state index is 12.6. The zero-order valence-electron chi connectivity index (χ0n) is 14.4. The summed E-state index contributed by atoms with van der Waals surface area (Å²) >= 11 is 6.12. The van der Waals surface area contributed by atoms with E-state index in [9.17, 15) is 13.2 Å². The Kier molecular flexibility index (Phi) is 4.68. The van der Waals surface area contributed by atoms with Crippen LogP contribution in [0.3, 0.4) is 0 Å². The van der Waals surface area contributed by atoms with Gasteiger partial charge in [-0.15, -0.1) is 0 Å². The minimum absolute atomic E-state index is 0.159. The summed E-state index contributed by atoms with van der Waals surface area (Å²) in [7, 11) is -3.42. The highest BCUT2D eigenvalue weighted by atomic mass is 35.5. The average Bonchev–Trinajstić information content (AvgIpc) is 2.88. The molecule has 8 heteroatoms. The van der Waals surface area contributed by atoms with Gasteiger partial charge in [0.15, 0.2) is 11.3 Å². The molecular weight excluding hydrogens is 376 g/mol. The fourth-order valence-electron chi connectivity index (χ4n) is 2.62. The normalized spacial score (nSPS) is 11.5. The standard InChI is InChI=1S/C18H17ClN2O4S/c1-10-7-8-12(9-15(10)21-26(3,23)24)20-18(22)16-11(2)13-5-4-6-14(19)17(13)25-16/h4-9,21H,1-3H3,(H,20,22). The second-order valence-corrected chi connectivity index (χ2v) is 8.19. The van der Waals surface area contributed by atoms with Gasteiger partial charge >= 0.3 is 0 Å². The second-order valence-electron chi connectivity index (χ2n) is 6.03. The molecule has 2 N–H and O–H groups in total. The molecule has 0 unspecified atom stereocenters. The topological polar surface area (TPSA) is 88.4 Å². The third kappa shape index (κ3) is 3.68. The van der Waals surface area contributed by atoms with E-state index in [1.165, 1.54) is 0 Å². The molecule has 6 nitrogen and oxygen atoms in total. The van der Waals surface area contributed by atoms with E-state index in [-0.39, 0.29) is 5.76 Å². The predicted molar refractivity (Wildman–Crippen MR) is 104 cm³/mol. The number of carbonyl (C=O) groups is 1. The quantitative estimate of drug-likeness (QED) is 0.691. The lowest BCUT2D eigenvalue weighted by Gasteiger charge is -2.10. The Labute approximate surface area is 156 Å². The smallest absolute Gasteiger partial charge is 0.291 e. The molecule has 0 radical (unpaired) electrons. The van der Waals surface area contributed by atoms with Gasteiger partial charge in [0.2, 0.25) is 10.0 Å². The number of rotatable bonds is 4. The van der Waals surface area contributed by atoms with Gasteiger partial charge in [-0.2, -0.15) is 0 Å². The maximum Gasteiger partial charge on any atom is 0.291 e. The van der Waals surface area contributed by atoms with Crippen molar-refractivity contribution < 1.29 is 17.6 Å². The molecule has 0 spiro atoms. The van der Waals surface area contributed by atoms with Crippen LogP contribution in [0.2, 0.25) is 5.02 Å². The number of fused-ring (bicyclic) bond motifs is 1. The van der Waals surface area contributed by atoms with Gasteiger partial charge in [0.05, 0.1) is 17.0 Å². The summed E-state index contributed by atoms with van der Waals surface area (Å²) in [5.74, 6) is -0.282.